The normalized spacial score (nSPS) is 14.2. The van der Waals surface area contributed by atoms with Crippen LogP contribution in [-0.2, 0) is 0 Å². The van der Waals surface area contributed by atoms with Gasteiger partial charge in [0, 0.05) is 11.1 Å². The van der Waals surface area contributed by atoms with E-state index in [1.54, 1.807) is 6.07 Å². The Morgan fingerprint density at radius 1 is 0.795 bits per heavy atom. The number of anilines is 1. The van der Waals surface area contributed by atoms with Gasteiger partial charge in [0.1, 0.15) is 5.82 Å². The zero-order valence-corrected chi connectivity index (χ0v) is 24.6. The molecule has 1 aliphatic rings. The number of hydrazone groups is 2. The summed E-state index contributed by atoms with van der Waals surface area (Å²) < 4.78 is 46.4. The predicted octanol–water partition coefficient (Wildman–Crippen LogP) is 3.31. The van der Waals surface area contributed by atoms with Crippen molar-refractivity contribution in [1.29, 1.82) is 0 Å². The van der Waals surface area contributed by atoms with E-state index in [0.717, 1.165) is 5.01 Å². The number of ether oxygens (including phenoxy) is 6. The number of halogens is 1. The minimum Gasteiger partial charge on any atom is -0.493 e. The number of amides is 2. The standard InChI is InChI=1S/C29H29FN6O8/c1-39-19-11-15(12-20(40-2)24(19)43-5)28(37)32-27-23(34-33-18-10-8-7-9-17(18)30)26(31)35-36(27)29(38)16-13-21(41-3)25(44-6)22(14-16)42-4/h7-14,33H,1-6H3,(H2,31,35). The van der Waals surface area contributed by atoms with Gasteiger partial charge in [-0.2, -0.15) is 15.1 Å². The second kappa shape index (κ2) is 13.4. The number of hydrogen-bond acceptors (Lipinski definition) is 12. The van der Waals surface area contributed by atoms with Gasteiger partial charge in [-0.05, 0) is 36.4 Å². The van der Waals surface area contributed by atoms with Crippen LogP contribution < -0.4 is 39.6 Å². The highest BCUT2D eigenvalue weighted by Crippen LogP contribution is 2.40. The van der Waals surface area contributed by atoms with Gasteiger partial charge < -0.3 is 34.2 Å². The van der Waals surface area contributed by atoms with Crippen molar-refractivity contribution in [3.8, 4) is 34.5 Å². The van der Waals surface area contributed by atoms with Crippen molar-refractivity contribution in [1.82, 2.24) is 5.01 Å². The van der Waals surface area contributed by atoms with E-state index in [9.17, 15) is 14.0 Å². The van der Waals surface area contributed by atoms with Crippen molar-refractivity contribution in [3.63, 3.8) is 0 Å². The summed E-state index contributed by atoms with van der Waals surface area (Å²) in [6, 6.07) is 11.3. The predicted molar refractivity (Wildman–Crippen MR) is 159 cm³/mol. The maximum absolute atomic E-state index is 14.3. The fourth-order valence-corrected chi connectivity index (χ4v) is 4.13. The van der Waals surface area contributed by atoms with E-state index in [-0.39, 0.29) is 68.7 Å². The monoisotopic (exact) mass is 608 g/mol. The van der Waals surface area contributed by atoms with Gasteiger partial charge >= 0.3 is 0 Å². The Morgan fingerprint density at radius 2 is 1.30 bits per heavy atom. The second-order valence-electron chi connectivity index (χ2n) is 8.72. The molecule has 4 rings (SSSR count). The van der Waals surface area contributed by atoms with Crippen LogP contribution in [0.2, 0.25) is 0 Å². The lowest BCUT2D eigenvalue weighted by Gasteiger charge is -2.17. The topological polar surface area (TPSA) is 168 Å². The molecule has 0 aliphatic carbocycles. The number of rotatable bonds is 10. The third kappa shape index (κ3) is 6.01. The third-order valence-corrected chi connectivity index (χ3v) is 6.25. The number of para-hydroxylation sites is 1. The van der Waals surface area contributed by atoms with Gasteiger partial charge in [0.25, 0.3) is 11.8 Å². The van der Waals surface area contributed by atoms with E-state index in [0.29, 0.717) is 0 Å². The van der Waals surface area contributed by atoms with Crippen molar-refractivity contribution in [3.05, 3.63) is 65.5 Å². The summed E-state index contributed by atoms with van der Waals surface area (Å²) in [7, 11) is 8.38. The highest BCUT2D eigenvalue weighted by Gasteiger charge is 2.36. The number of nitrogens with two attached hydrogens (primary N) is 1. The first-order chi connectivity index (χ1) is 21.2. The van der Waals surface area contributed by atoms with Gasteiger partial charge in [-0.25, -0.2) is 4.39 Å². The average molecular weight is 609 g/mol. The number of benzene rings is 3. The average Bonchev–Trinajstić information content (AvgIpc) is 3.36. The molecular weight excluding hydrogens is 579 g/mol. The van der Waals surface area contributed by atoms with Crippen LogP contribution in [0, 0.1) is 5.82 Å². The van der Waals surface area contributed by atoms with E-state index in [1.165, 1.54) is 85.1 Å². The van der Waals surface area contributed by atoms with Crippen molar-refractivity contribution in [2.75, 3.05) is 48.1 Å². The number of nitrogens with zero attached hydrogens (tertiary/aromatic N) is 4. The zero-order valence-electron chi connectivity index (χ0n) is 24.6. The molecular formula is C29H29FN6O8. The molecule has 1 heterocycles. The smallest absolute Gasteiger partial charge is 0.280 e. The molecule has 14 nitrogen and oxygen atoms in total. The summed E-state index contributed by atoms with van der Waals surface area (Å²) in [5.74, 6) is -1.61. The van der Waals surface area contributed by atoms with Crippen molar-refractivity contribution in [2.24, 2.45) is 20.9 Å². The number of nitrogens with one attached hydrogen (secondary N) is 1. The molecule has 1 aliphatic heterocycles. The van der Waals surface area contributed by atoms with Crippen molar-refractivity contribution < 1.29 is 42.4 Å². The molecule has 0 atom stereocenters. The van der Waals surface area contributed by atoms with Crippen LogP contribution in [0.15, 0.2) is 63.7 Å². The molecule has 0 saturated heterocycles. The minimum atomic E-state index is -0.842. The molecule has 3 aromatic rings. The number of carbonyl (C=O) groups excluding carboxylic acids is 2. The fraction of sp³-hybridized carbons (Fsp3) is 0.207. The summed E-state index contributed by atoms with van der Waals surface area (Å²) in [5.41, 5.74) is 8.51. The number of amidine groups is 2. The quantitative estimate of drug-likeness (QED) is 0.326. The lowest BCUT2D eigenvalue weighted by atomic mass is 10.1. The molecule has 0 bridgehead atoms. The summed E-state index contributed by atoms with van der Waals surface area (Å²) in [5, 5.41) is 9.03. The number of methoxy groups -OCH3 is 6. The molecule has 0 fully saturated rings. The van der Waals surface area contributed by atoms with Crippen LogP contribution in [0.4, 0.5) is 10.1 Å². The molecule has 3 aromatic carbocycles. The Morgan fingerprint density at radius 3 is 1.77 bits per heavy atom. The Hall–Kier alpha value is -5.86. The maximum atomic E-state index is 14.3. The van der Waals surface area contributed by atoms with Gasteiger partial charge in [0.15, 0.2) is 40.4 Å². The molecule has 0 saturated carbocycles. The molecule has 15 heteroatoms. The van der Waals surface area contributed by atoms with Crippen LogP contribution in [0.3, 0.4) is 0 Å². The summed E-state index contributed by atoms with van der Waals surface area (Å²) in [6.45, 7) is 0. The van der Waals surface area contributed by atoms with Gasteiger partial charge in [0.05, 0.1) is 48.3 Å². The molecule has 0 aromatic heterocycles. The van der Waals surface area contributed by atoms with Crippen molar-refractivity contribution >= 4 is 34.9 Å². The number of hydrogen-bond donors (Lipinski definition) is 2. The second-order valence-corrected chi connectivity index (χ2v) is 8.72. The lowest BCUT2D eigenvalue weighted by molar-refractivity contribution is 0.0853. The summed E-state index contributed by atoms with van der Waals surface area (Å²) >= 11 is 0. The van der Waals surface area contributed by atoms with Crippen LogP contribution >= 0.6 is 0 Å². The highest BCUT2D eigenvalue weighted by molar-refractivity contribution is 6.71. The van der Waals surface area contributed by atoms with E-state index in [1.807, 2.05) is 0 Å². The first-order valence-corrected chi connectivity index (χ1v) is 12.7. The molecule has 2 amide bonds. The molecule has 44 heavy (non-hydrogen) atoms. The Balaban J connectivity index is 1.85. The van der Waals surface area contributed by atoms with Crippen molar-refractivity contribution in [2.45, 2.75) is 0 Å². The number of carbonyl (C=O) groups is 2. The zero-order chi connectivity index (χ0) is 32.0. The Labute approximate surface area is 251 Å². The van der Waals surface area contributed by atoms with Crippen LogP contribution in [0.25, 0.3) is 0 Å². The van der Waals surface area contributed by atoms with E-state index >= 15 is 0 Å². The fourth-order valence-electron chi connectivity index (χ4n) is 4.13. The largest absolute Gasteiger partial charge is 0.493 e. The summed E-state index contributed by atoms with van der Waals surface area (Å²) in [6.07, 6.45) is 0. The minimum absolute atomic E-state index is 0.00231. The maximum Gasteiger partial charge on any atom is 0.280 e. The number of aliphatic imine (C=N–C) groups is 1. The lowest BCUT2D eigenvalue weighted by Crippen LogP contribution is -2.35. The van der Waals surface area contributed by atoms with Crippen LogP contribution in [0.1, 0.15) is 20.7 Å². The Kier molecular flexibility index (Phi) is 9.47. The molecule has 0 spiro atoms. The van der Waals surface area contributed by atoms with E-state index < -0.39 is 17.6 Å². The van der Waals surface area contributed by atoms with E-state index in [2.05, 4.69) is 20.6 Å². The summed E-state index contributed by atoms with van der Waals surface area (Å²) in [4.78, 5) is 31.5. The molecule has 0 radical (unpaired) electrons. The molecule has 230 valence electrons. The van der Waals surface area contributed by atoms with E-state index in [4.69, 9.17) is 34.2 Å². The third-order valence-electron chi connectivity index (χ3n) is 6.25. The SMILES string of the molecule is COc1cc(C(=O)N=C2C(=NNc3ccccc3F)C(N)=NN2C(=O)c2cc(OC)c(OC)c(OC)c2)cc(OC)c1OC. The van der Waals surface area contributed by atoms with Gasteiger partial charge in [-0.1, -0.05) is 12.1 Å². The van der Waals surface area contributed by atoms with Crippen LogP contribution in [-0.4, -0.2) is 76.9 Å². The molecule has 0 unspecified atom stereocenters. The molecule has 3 N–H and O–H groups in total. The van der Waals surface area contributed by atoms with Crippen LogP contribution in [0.5, 0.6) is 34.5 Å². The highest BCUT2D eigenvalue weighted by atomic mass is 19.1. The van der Waals surface area contributed by atoms with Gasteiger partial charge in [-0.15, -0.1) is 5.10 Å². The Bertz CT molecular complexity index is 1640. The van der Waals surface area contributed by atoms with Gasteiger partial charge in [-0.3, -0.25) is 15.0 Å². The first-order valence-electron chi connectivity index (χ1n) is 12.7. The van der Waals surface area contributed by atoms with Gasteiger partial charge in [0.2, 0.25) is 11.5 Å². The first kappa shape index (κ1) is 31.1.